The van der Waals surface area contributed by atoms with E-state index >= 15 is 0 Å². The molecule has 1 atom stereocenters. The summed E-state index contributed by atoms with van der Waals surface area (Å²) in [4.78, 5) is 19.7. The molecule has 25 heavy (non-hydrogen) atoms. The van der Waals surface area contributed by atoms with Crippen molar-refractivity contribution >= 4 is 16.8 Å². The highest BCUT2D eigenvalue weighted by molar-refractivity contribution is 5.86. The third-order valence-electron chi connectivity index (χ3n) is 5.48. The van der Waals surface area contributed by atoms with Crippen LogP contribution in [0.2, 0.25) is 0 Å². The number of fused-ring (bicyclic) bond motifs is 2. The maximum absolute atomic E-state index is 13.0. The van der Waals surface area contributed by atoms with Gasteiger partial charge in [-0.15, -0.1) is 0 Å². The number of benzene rings is 1. The van der Waals surface area contributed by atoms with E-state index in [-0.39, 0.29) is 11.9 Å². The van der Waals surface area contributed by atoms with E-state index in [1.54, 1.807) is 0 Å². The molecule has 1 aromatic carbocycles. The van der Waals surface area contributed by atoms with E-state index in [4.69, 9.17) is 4.98 Å². The lowest BCUT2D eigenvalue weighted by Gasteiger charge is -2.35. The van der Waals surface area contributed by atoms with Crippen molar-refractivity contribution in [3.05, 3.63) is 65.1 Å². The van der Waals surface area contributed by atoms with Crippen molar-refractivity contribution < 1.29 is 4.79 Å². The lowest BCUT2D eigenvalue weighted by molar-refractivity contribution is -0.133. The minimum atomic E-state index is 0.116. The Morgan fingerprint density at radius 3 is 2.80 bits per heavy atom. The normalized spacial score (nSPS) is 16.9. The van der Waals surface area contributed by atoms with Crippen molar-refractivity contribution in [3.63, 3.8) is 0 Å². The SMILES string of the molecule is Cc1nc2ccccc2c(C)c1CC(=O)N1CCn2cccc2[C@@H]1C. The molecule has 0 N–H and O–H groups in total. The summed E-state index contributed by atoms with van der Waals surface area (Å²) in [7, 11) is 0. The van der Waals surface area contributed by atoms with Crippen LogP contribution < -0.4 is 0 Å². The summed E-state index contributed by atoms with van der Waals surface area (Å²) in [6, 6.07) is 12.4. The molecular formula is C21H23N3O. The van der Waals surface area contributed by atoms with E-state index in [2.05, 4.69) is 42.8 Å². The van der Waals surface area contributed by atoms with Gasteiger partial charge in [-0.2, -0.15) is 0 Å². The fourth-order valence-corrected chi connectivity index (χ4v) is 4.00. The van der Waals surface area contributed by atoms with Crippen LogP contribution in [0.1, 0.15) is 35.5 Å². The van der Waals surface area contributed by atoms with Crippen molar-refractivity contribution in [2.24, 2.45) is 0 Å². The molecule has 1 aliphatic heterocycles. The summed E-state index contributed by atoms with van der Waals surface area (Å²) in [5, 5.41) is 1.14. The number of hydrogen-bond acceptors (Lipinski definition) is 2. The zero-order chi connectivity index (χ0) is 17.6. The van der Waals surface area contributed by atoms with Gasteiger partial charge in [0, 0.05) is 36.1 Å². The molecule has 0 fully saturated rings. The average molecular weight is 333 g/mol. The summed E-state index contributed by atoms with van der Waals surface area (Å²) in [6.45, 7) is 7.85. The van der Waals surface area contributed by atoms with Gasteiger partial charge in [0.15, 0.2) is 0 Å². The Morgan fingerprint density at radius 1 is 1.16 bits per heavy atom. The molecule has 0 saturated heterocycles. The fraction of sp³-hybridized carbons (Fsp3) is 0.333. The first-order valence-corrected chi connectivity index (χ1v) is 8.85. The predicted octanol–water partition coefficient (Wildman–Crippen LogP) is 3.80. The zero-order valence-electron chi connectivity index (χ0n) is 15.0. The zero-order valence-corrected chi connectivity index (χ0v) is 15.0. The third-order valence-corrected chi connectivity index (χ3v) is 5.48. The lowest BCUT2D eigenvalue weighted by atomic mass is 9.98. The number of nitrogens with zero attached hydrogens (tertiary/aromatic N) is 3. The Balaban J connectivity index is 1.64. The summed E-state index contributed by atoms with van der Waals surface area (Å²) in [5.74, 6) is 0.184. The number of rotatable bonds is 2. The maximum atomic E-state index is 13.0. The maximum Gasteiger partial charge on any atom is 0.227 e. The van der Waals surface area contributed by atoms with Crippen LogP contribution in [0.15, 0.2) is 42.6 Å². The van der Waals surface area contributed by atoms with Crippen LogP contribution in [0.3, 0.4) is 0 Å². The molecule has 0 spiro atoms. The molecule has 4 nitrogen and oxygen atoms in total. The monoisotopic (exact) mass is 333 g/mol. The molecule has 3 heterocycles. The number of carbonyl (C=O) groups is 1. The van der Waals surface area contributed by atoms with Gasteiger partial charge in [0.1, 0.15) is 0 Å². The van der Waals surface area contributed by atoms with E-state index in [0.717, 1.165) is 35.2 Å². The van der Waals surface area contributed by atoms with Gasteiger partial charge in [-0.05, 0) is 50.1 Å². The molecule has 1 aliphatic rings. The van der Waals surface area contributed by atoms with Gasteiger partial charge < -0.3 is 9.47 Å². The second-order valence-corrected chi connectivity index (χ2v) is 6.88. The number of aromatic nitrogens is 2. The minimum Gasteiger partial charge on any atom is -0.348 e. The van der Waals surface area contributed by atoms with Crippen LogP contribution in [0.5, 0.6) is 0 Å². The Labute approximate surface area is 148 Å². The van der Waals surface area contributed by atoms with Crippen LogP contribution in [0.4, 0.5) is 0 Å². The van der Waals surface area contributed by atoms with Gasteiger partial charge >= 0.3 is 0 Å². The van der Waals surface area contributed by atoms with Crippen molar-refractivity contribution in [2.45, 2.75) is 39.8 Å². The van der Waals surface area contributed by atoms with Gasteiger partial charge in [0.2, 0.25) is 5.91 Å². The fourth-order valence-electron chi connectivity index (χ4n) is 4.00. The summed E-state index contributed by atoms with van der Waals surface area (Å²) in [6.07, 6.45) is 2.51. The largest absolute Gasteiger partial charge is 0.348 e. The van der Waals surface area contributed by atoms with Gasteiger partial charge in [0.05, 0.1) is 18.0 Å². The summed E-state index contributed by atoms with van der Waals surface area (Å²) in [5.41, 5.74) is 5.40. The molecule has 1 amide bonds. The van der Waals surface area contributed by atoms with Crippen molar-refractivity contribution in [2.75, 3.05) is 6.54 Å². The Hall–Kier alpha value is -2.62. The molecule has 0 bridgehead atoms. The standard InChI is InChI=1S/C21H23N3O/c1-14-17-7-4-5-8-19(17)22-15(2)18(14)13-21(25)24-12-11-23-10-6-9-20(23)16(24)3/h4-10,16H,11-13H2,1-3H3/t16-/m0/s1. The van der Waals surface area contributed by atoms with Crippen LogP contribution in [-0.4, -0.2) is 26.9 Å². The van der Waals surface area contributed by atoms with E-state index in [9.17, 15) is 4.79 Å². The van der Waals surface area contributed by atoms with Crippen LogP contribution in [0, 0.1) is 13.8 Å². The van der Waals surface area contributed by atoms with E-state index < -0.39 is 0 Å². The molecule has 3 aromatic rings. The summed E-state index contributed by atoms with van der Waals surface area (Å²) >= 11 is 0. The highest BCUT2D eigenvalue weighted by atomic mass is 16.2. The summed E-state index contributed by atoms with van der Waals surface area (Å²) < 4.78 is 2.24. The van der Waals surface area contributed by atoms with E-state index in [1.165, 1.54) is 11.3 Å². The topological polar surface area (TPSA) is 38.1 Å². The number of aryl methyl sites for hydroxylation is 2. The molecule has 128 valence electrons. The lowest BCUT2D eigenvalue weighted by Crippen LogP contribution is -2.41. The van der Waals surface area contributed by atoms with Crippen molar-refractivity contribution in [3.8, 4) is 0 Å². The van der Waals surface area contributed by atoms with E-state index in [1.807, 2.05) is 30.0 Å². The molecule has 4 rings (SSSR count). The predicted molar refractivity (Wildman–Crippen MR) is 99.5 cm³/mol. The van der Waals surface area contributed by atoms with Gasteiger partial charge in [-0.3, -0.25) is 9.78 Å². The smallest absolute Gasteiger partial charge is 0.227 e. The second-order valence-electron chi connectivity index (χ2n) is 6.88. The Bertz CT molecular complexity index is 957. The third kappa shape index (κ3) is 2.62. The first-order valence-electron chi connectivity index (χ1n) is 8.85. The van der Waals surface area contributed by atoms with Gasteiger partial charge in [0.25, 0.3) is 0 Å². The molecular weight excluding hydrogens is 310 g/mol. The number of hydrogen-bond donors (Lipinski definition) is 0. The first-order chi connectivity index (χ1) is 12.1. The number of para-hydroxylation sites is 1. The molecule has 4 heteroatoms. The van der Waals surface area contributed by atoms with Crippen molar-refractivity contribution in [1.29, 1.82) is 0 Å². The van der Waals surface area contributed by atoms with Crippen LogP contribution in [0.25, 0.3) is 10.9 Å². The van der Waals surface area contributed by atoms with E-state index in [0.29, 0.717) is 6.42 Å². The Morgan fingerprint density at radius 2 is 1.96 bits per heavy atom. The van der Waals surface area contributed by atoms with Crippen LogP contribution >= 0.6 is 0 Å². The molecule has 2 aromatic heterocycles. The molecule has 0 saturated carbocycles. The molecule has 0 aliphatic carbocycles. The quantitative estimate of drug-likeness (QED) is 0.715. The number of carbonyl (C=O) groups excluding carboxylic acids is 1. The average Bonchev–Trinajstić information content (AvgIpc) is 3.08. The highest BCUT2D eigenvalue weighted by Crippen LogP contribution is 2.28. The number of pyridine rings is 1. The molecule has 0 unspecified atom stereocenters. The highest BCUT2D eigenvalue weighted by Gasteiger charge is 2.28. The number of amides is 1. The Kier molecular flexibility index (Phi) is 3.83. The minimum absolute atomic E-state index is 0.116. The second kappa shape index (κ2) is 6.03. The van der Waals surface area contributed by atoms with Gasteiger partial charge in [-0.25, -0.2) is 0 Å². The van der Waals surface area contributed by atoms with Gasteiger partial charge in [-0.1, -0.05) is 18.2 Å². The van der Waals surface area contributed by atoms with Crippen LogP contribution in [-0.2, 0) is 17.8 Å². The van der Waals surface area contributed by atoms with Crippen molar-refractivity contribution in [1.82, 2.24) is 14.5 Å². The first kappa shape index (κ1) is 15.9. The molecule has 0 radical (unpaired) electrons.